The lowest BCUT2D eigenvalue weighted by molar-refractivity contribution is -0.384. The van der Waals surface area contributed by atoms with Crippen molar-refractivity contribution >= 4 is 17.3 Å². The van der Waals surface area contributed by atoms with Crippen molar-refractivity contribution in [3.8, 4) is 11.3 Å². The summed E-state index contributed by atoms with van der Waals surface area (Å²) < 4.78 is 13.0. The lowest BCUT2D eigenvalue weighted by atomic mass is 10.1. The molecule has 162 valence electrons. The summed E-state index contributed by atoms with van der Waals surface area (Å²) in [5.74, 6) is -0.415. The van der Waals surface area contributed by atoms with Crippen LogP contribution in [0.2, 0.25) is 0 Å². The molecule has 0 bridgehead atoms. The highest BCUT2D eigenvalue weighted by Gasteiger charge is 2.09. The summed E-state index contributed by atoms with van der Waals surface area (Å²) in [6, 6.07) is 13.9. The van der Waals surface area contributed by atoms with E-state index in [4.69, 9.17) is 0 Å². The van der Waals surface area contributed by atoms with Crippen molar-refractivity contribution in [3.05, 3.63) is 76.2 Å². The molecule has 0 saturated heterocycles. The van der Waals surface area contributed by atoms with Crippen LogP contribution in [0.5, 0.6) is 0 Å². The minimum Gasteiger partial charge on any atom is -0.326 e. The van der Waals surface area contributed by atoms with Crippen molar-refractivity contribution in [1.29, 1.82) is 0 Å². The van der Waals surface area contributed by atoms with E-state index in [-0.39, 0.29) is 17.4 Å². The van der Waals surface area contributed by atoms with Crippen LogP contribution < -0.4 is 5.32 Å². The van der Waals surface area contributed by atoms with E-state index in [0.29, 0.717) is 18.7 Å². The van der Waals surface area contributed by atoms with Gasteiger partial charge in [0.05, 0.1) is 10.6 Å². The van der Waals surface area contributed by atoms with E-state index in [9.17, 15) is 19.3 Å². The number of carbonyl (C=O) groups is 1. The molecule has 3 aromatic rings. The summed E-state index contributed by atoms with van der Waals surface area (Å²) in [5.41, 5.74) is 3.17. The van der Waals surface area contributed by atoms with E-state index >= 15 is 0 Å². The maximum absolute atomic E-state index is 13.0. The number of aromatic nitrogens is 2. The molecule has 0 atom stereocenters. The Morgan fingerprint density at radius 3 is 2.55 bits per heavy atom. The predicted octanol–water partition coefficient (Wildman–Crippen LogP) is 4.02. The molecule has 9 heteroatoms. The van der Waals surface area contributed by atoms with Crippen LogP contribution in [0.1, 0.15) is 18.5 Å². The topological polar surface area (TPSA) is 104 Å². The van der Waals surface area contributed by atoms with Crippen LogP contribution in [0.15, 0.2) is 54.6 Å². The number of aromatic amines is 1. The molecular weight excluding hydrogens is 401 g/mol. The number of benzene rings is 2. The molecule has 0 saturated carbocycles. The molecule has 1 amide bonds. The molecule has 31 heavy (non-hydrogen) atoms. The number of amides is 1. The highest BCUT2D eigenvalue weighted by atomic mass is 19.1. The summed E-state index contributed by atoms with van der Waals surface area (Å²) in [5, 5.41) is 20.7. The zero-order valence-electron chi connectivity index (χ0n) is 17.2. The zero-order chi connectivity index (χ0) is 22.2. The van der Waals surface area contributed by atoms with E-state index in [1.54, 1.807) is 12.1 Å². The van der Waals surface area contributed by atoms with Gasteiger partial charge in [0, 0.05) is 42.0 Å². The number of aryl methyl sites for hydroxylation is 1. The van der Waals surface area contributed by atoms with Gasteiger partial charge in [-0.25, -0.2) is 4.39 Å². The van der Waals surface area contributed by atoms with Crippen LogP contribution in [-0.4, -0.2) is 46.1 Å². The Kier molecular flexibility index (Phi) is 7.45. The predicted molar refractivity (Wildman–Crippen MR) is 116 cm³/mol. The van der Waals surface area contributed by atoms with E-state index in [0.717, 1.165) is 36.3 Å². The van der Waals surface area contributed by atoms with Gasteiger partial charge in [-0.05, 0) is 68.9 Å². The molecule has 0 aliphatic heterocycles. The second-order valence-corrected chi connectivity index (χ2v) is 7.29. The van der Waals surface area contributed by atoms with Crippen molar-refractivity contribution in [2.75, 3.05) is 25.5 Å². The number of hydrogen-bond acceptors (Lipinski definition) is 5. The zero-order valence-corrected chi connectivity index (χ0v) is 17.2. The quantitative estimate of drug-likeness (QED) is 0.377. The Balaban J connectivity index is 1.36. The molecule has 0 unspecified atom stereocenters. The third kappa shape index (κ3) is 6.71. The number of H-pyrrole nitrogens is 1. The number of halogens is 1. The van der Waals surface area contributed by atoms with Crippen LogP contribution in [-0.2, 0) is 11.2 Å². The van der Waals surface area contributed by atoms with Crippen LogP contribution in [0, 0.1) is 15.9 Å². The lowest BCUT2D eigenvalue weighted by Crippen LogP contribution is -2.25. The van der Waals surface area contributed by atoms with Crippen molar-refractivity contribution < 1.29 is 14.1 Å². The summed E-state index contributed by atoms with van der Waals surface area (Å²) >= 11 is 0. The first-order chi connectivity index (χ1) is 14.9. The third-order valence-electron chi connectivity index (χ3n) is 4.84. The Bertz CT molecular complexity index is 1020. The molecule has 8 nitrogen and oxygen atoms in total. The van der Waals surface area contributed by atoms with Crippen LogP contribution in [0.3, 0.4) is 0 Å². The number of nitrogens with one attached hydrogen (secondary N) is 2. The number of nitrogens with zero attached hydrogens (tertiary/aromatic N) is 3. The smallest absolute Gasteiger partial charge is 0.269 e. The minimum atomic E-state index is -0.479. The molecule has 0 aliphatic rings. The first-order valence-electron chi connectivity index (χ1n) is 9.94. The minimum absolute atomic E-state index is 0.0141. The van der Waals surface area contributed by atoms with E-state index in [2.05, 4.69) is 20.4 Å². The number of non-ortho nitro benzene ring substituents is 1. The lowest BCUT2D eigenvalue weighted by Gasteiger charge is -2.16. The Hall–Kier alpha value is -3.59. The highest BCUT2D eigenvalue weighted by molar-refractivity contribution is 5.90. The molecule has 1 aromatic heterocycles. The van der Waals surface area contributed by atoms with Crippen molar-refractivity contribution in [1.82, 2.24) is 15.1 Å². The fraction of sp³-hybridized carbons (Fsp3) is 0.273. The van der Waals surface area contributed by atoms with Gasteiger partial charge in [-0.2, -0.15) is 5.10 Å². The third-order valence-corrected chi connectivity index (χ3v) is 4.84. The van der Waals surface area contributed by atoms with Gasteiger partial charge in [-0.3, -0.25) is 20.0 Å². The number of hydrogen-bond donors (Lipinski definition) is 2. The molecule has 2 aromatic carbocycles. The monoisotopic (exact) mass is 425 g/mol. The van der Waals surface area contributed by atoms with Crippen LogP contribution >= 0.6 is 0 Å². The first kappa shape index (κ1) is 22.1. The average Bonchev–Trinajstić information content (AvgIpc) is 3.22. The molecule has 0 fully saturated rings. The van der Waals surface area contributed by atoms with E-state index in [1.165, 1.54) is 36.4 Å². The normalized spacial score (nSPS) is 10.9. The van der Waals surface area contributed by atoms with Crippen molar-refractivity contribution in [2.45, 2.75) is 19.3 Å². The van der Waals surface area contributed by atoms with Gasteiger partial charge in [-0.1, -0.05) is 0 Å². The standard InChI is InChI=1S/C22H24FN5O3/c1-27(14-12-22(29)24-18-8-10-20(11-9-18)28(30)31)13-2-3-19-15-21(26-25-19)16-4-6-17(23)7-5-16/h4-11,15H,2-3,12-14H2,1H3,(H,24,29)(H,25,26). The van der Waals surface area contributed by atoms with Crippen LogP contribution in [0.4, 0.5) is 15.8 Å². The Labute approximate surface area is 179 Å². The SMILES string of the molecule is CN(CCCc1cc(-c2ccc(F)cc2)n[nH]1)CCC(=O)Nc1ccc([N+](=O)[O-])cc1. The summed E-state index contributed by atoms with van der Waals surface area (Å²) in [6.07, 6.45) is 2.03. The molecule has 0 radical (unpaired) electrons. The highest BCUT2D eigenvalue weighted by Crippen LogP contribution is 2.19. The number of carbonyl (C=O) groups excluding carboxylic acids is 1. The van der Waals surface area contributed by atoms with E-state index in [1.807, 2.05) is 13.1 Å². The van der Waals surface area contributed by atoms with Gasteiger partial charge in [0.2, 0.25) is 5.91 Å². The first-order valence-corrected chi connectivity index (χ1v) is 9.94. The van der Waals surface area contributed by atoms with Gasteiger partial charge in [0.15, 0.2) is 0 Å². The van der Waals surface area contributed by atoms with Gasteiger partial charge in [-0.15, -0.1) is 0 Å². The second-order valence-electron chi connectivity index (χ2n) is 7.29. The maximum atomic E-state index is 13.0. The second kappa shape index (κ2) is 10.4. The van der Waals surface area contributed by atoms with Gasteiger partial charge >= 0.3 is 0 Å². The fourth-order valence-corrected chi connectivity index (χ4v) is 3.09. The van der Waals surface area contributed by atoms with Crippen molar-refractivity contribution in [2.24, 2.45) is 0 Å². The molecule has 0 spiro atoms. The Morgan fingerprint density at radius 2 is 1.87 bits per heavy atom. The van der Waals surface area contributed by atoms with Gasteiger partial charge < -0.3 is 10.2 Å². The number of rotatable bonds is 10. The Morgan fingerprint density at radius 1 is 1.16 bits per heavy atom. The molecule has 1 heterocycles. The van der Waals surface area contributed by atoms with E-state index < -0.39 is 4.92 Å². The number of nitro groups is 1. The van der Waals surface area contributed by atoms with Gasteiger partial charge in [0.25, 0.3) is 5.69 Å². The number of anilines is 1. The molecular formula is C22H24FN5O3. The maximum Gasteiger partial charge on any atom is 0.269 e. The average molecular weight is 425 g/mol. The largest absolute Gasteiger partial charge is 0.326 e. The summed E-state index contributed by atoms with van der Waals surface area (Å²) in [7, 11) is 1.95. The number of nitro benzene ring substituents is 1. The van der Waals surface area contributed by atoms with Gasteiger partial charge in [0.1, 0.15) is 5.82 Å². The summed E-state index contributed by atoms with van der Waals surface area (Å²) in [6.45, 7) is 1.42. The summed E-state index contributed by atoms with van der Waals surface area (Å²) in [4.78, 5) is 24.3. The molecule has 0 aliphatic carbocycles. The molecule has 3 rings (SSSR count). The van der Waals surface area contributed by atoms with Crippen molar-refractivity contribution in [3.63, 3.8) is 0 Å². The molecule has 2 N–H and O–H groups in total. The fourth-order valence-electron chi connectivity index (χ4n) is 3.09. The van der Waals surface area contributed by atoms with Crippen LogP contribution in [0.25, 0.3) is 11.3 Å².